The Morgan fingerprint density at radius 3 is 2.45 bits per heavy atom. The van der Waals surface area contributed by atoms with E-state index in [1.165, 1.54) is 12.1 Å². The lowest BCUT2D eigenvalue weighted by Crippen LogP contribution is -2.18. The molecule has 0 amide bonds. The summed E-state index contributed by atoms with van der Waals surface area (Å²) in [5, 5.41) is 3.07. The normalized spacial score (nSPS) is 18.2. The molecule has 0 radical (unpaired) electrons. The Morgan fingerprint density at radius 1 is 1.00 bits per heavy atom. The maximum absolute atomic E-state index is 12.8. The first-order chi connectivity index (χ1) is 9.55. The molecule has 4 heteroatoms. The van der Waals surface area contributed by atoms with Crippen LogP contribution in [-0.2, 0) is 6.18 Å². The standard InChI is InChI=1S/C16H14F3N/c17-16(18,19)12-6-7-14-13(8-9-20-15(14)10-12)11-4-2-1-3-5-11/h1-7,10,13,20H,8-9H2. The van der Waals surface area contributed by atoms with Crippen LogP contribution in [0.1, 0.15) is 29.0 Å². The minimum absolute atomic E-state index is 0.162. The zero-order valence-corrected chi connectivity index (χ0v) is 10.7. The third kappa shape index (κ3) is 2.38. The molecule has 0 saturated carbocycles. The van der Waals surface area contributed by atoms with Crippen molar-refractivity contribution in [2.24, 2.45) is 0 Å². The molecule has 1 heterocycles. The van der Waals surface area contributed by atoms with E-state index < -0.39 is 11.7 Å². The molecule has 1 nitrogen and oxygen atoms in total. The van der Waals surface area contributed by atoms with Crippen molar-refractivity contribution in [2.75, 3.05) is 11.9 Å². The molecule has 1 N–H and O–H groups in total. The van der Waals surface area contributed by atoms with E-state index in [1.807, 2.05) is 30.3 Å². The molecule has 2 aromatic rings. The van der Waals surface area contributed by atoms with Crippen molar-refractivity contribution in [3.05, 3.63) is 65.2 Å². The molecule has 1 atom stereocenters. The number of rotatable bonds is 1. The van der Waals surface area contributed by atoms with E-state index >= 15 is 0 Å². The summed E-state index contributed by atoms with van der Waals surface area (Å²) in [6.45, 7) is 0.688. The quantitative estimate of drug-likeness (QED) is 0.799. The second kappa shape index (κ2) is 4.85. The summed E-state index contributed by atoms with van der Waals surface area (Å²) in [7, 11) is 0. The highest BCUT2D eigenvalue weighted by Gasteiger charge is 2.32. The predicted octanol–water partition coefficient (Wildman–Crippen LogP) is 4.65. The molecule has 1 aliphatic heterocycles. The van der Waals surface area contributed by atoms with Gasteiger partial charge in [0.15, 0.2) is 0 Å². The summed E-state index contributed by atoms with van der Waals surface area (Å²) >= 11 is 0. The molecule has 1 unspecified atom stereocenters. The van der Waals surface area contributed by atoms with Crippen LogP contribution in [0.5, 0.6) is 0 Å². The van der Waals surface area contributed by atoms with E-state index in [0.717, 1.165) is 17.5 Å². The lowest BCUT2D eigenvalue weighted by atomic mass is 9.84. The van der Waals surface area contributed by atoms with Crippen LogP contribution < -0.4 is 5.32 Å². The van der Waals surface area contributed by atoms with Gasteiger partial charge in [-0.05, 0) is 29.7 Å². The summed E-state index contributed by atoms with van der Waals surface area (Å²) < 4.78 is 38.3. The molecule has 3 rings (SSSR count). The van der Waals surface area contributed by atoms with Crippen LogP contribution >= 0.6 is 0 Å². The summed E-state index contributed by atoms with van der Waals surface area (Å²) in [5.74, 6) is 0.162. The fourth-order valence-corrected chi connectivity index (χ4v) is 2.73. The molecule has 20 heavy (non-hydrogen) atoms. The van der Waals surface area contributed by atoms with Gasteiger partial charge in [0.2, 0.25) is 0 Å². The molecule has 0 spiro atoms. The van der Waals surface area contributed by atoms with Crippen molar-refractivity contribution in [1.29, 1.82) is 0 Å². The molecule has 104 valence electrons. The number of anilines is 1. The van der Waals surface area contributed by atoms with E-state index in [4.69, 9.17) is 0 Å². The number of hydrogen-bond donors (Lipinski definition) is 1. The average molecular weight is 277 g/mol. The van der Waals surface area contributed by atoms with Gasteiger partial charge in [-0.1, -0.05) is 36.4 Å². The third-order valence-electron chi connectivity index (χ3n) is 3.71. The number of benzene rings is 2. The molecule has 0 saturated heterocycles. The van der Waals surface area contributed by atoms with Gasteiger partial charge < -0.3 is 5.32 Å². The minimum Gasteiger partial charge on any atom is -0.385 e. The first-order valence-corrected chi connectivity index (χ1v) is 6.55. The summed E-state index contributed by atoms with van der Waals surface area (Å²) in [4.78, 5) is 0. The Hall–Kier alpha value is -1.97. The van der Waals surface area contributed by atoms with Crippen LogP contribution in [-0.4, -0.2) is 6.54 Å². The smallest absolute Gasteiger partial charge is 0.385 e. The highest BCUT2D eigenvalue weighted by atomic mass is 19.4. The molecule has 2 aromatic carbocycles. The van der Waals surface area contributed by atoms with Gasteiger partial charge in [-0.25, -0.2) is 0 Å². The first kappa shape index (κ1) is 13.0. The van der Waals surface area contributed by atoms with Crippen molar-refractivity contribution in [3.8, 4) is 0 Å². The van der Waals surface area contributed by atoms with Crippen molar-refractivity contribution >= 4 is 5.69 Å². The average Bonchev–Trinajstić information content (AvgIpc) is 2.46. The van der Waals surface area contributed by atoms with Gasteiger partial charge in [0.05, 0.1) is 5.56 Å². The largest absolute Gasteiger partial charge is 0.416 e. The van der Waals surface area contributed by atoms with E-state index in [1.54, 1.807) is 6.07 Å². The minimum atomic E-state index is -4.30. The van der Waals surface area contributed by atoms with Gasteiger partial charge in [-0.2, -0.15) is 13.2 Å². The van der Waals surface area contributed by atoms with Gasteiger partial charge >= 0.3 is 6.18 Å². The lowest BCUT2D eigenvalue weighted by molar-refractivity contribution is -0.137. The van der Waals surface area contributed by atoms with Crippen molar-refractivity contribution in [2.45, 2.75) is 18.5 Å². The molecule has 0 aliphatic carbocycles. The zero-order valence-electron chi connectivity index (χ0n) is 10.7. The van der Waals surface area contributed by atoms with Crippen LogP contribution in [0.4, 0.5) is 18.9 Å². The van der Waals surface area contributed by atoms with Gasteiger partial charge in [-0.15, -0.1) is 0 Å². The maximum atomic E-state index is 12.8. The predicted molar refractivity (Wildman–Crippen MR) is 72.8 cm³/mol. The topological polar surface area (TPSA) is 12.0 Å². The van der Waals surface area contributed by atoms with E-state index in [0.29, 0.717) is 12.2 Å². The van der Waals surface area contributed by atoms with E-state index in [9.17, 15) is 13.2 Å². The highest BCUT2D eigenvalue weighted by Crippen LogP contribution is 2.39. The summed E-state index contributed by atoms with van der Waals surface area (Å²) in [5.41, 5.74) is 2.09. The Morgan fingerprint density at radius 2 is 1.75 bits per heavy atom. The van der Waals surface area contributed by atoms with Crippen LogP contribution in [0.3, 0.4) is 0 Å². The van der Waals surface area contributed by atoms with E-state index in [-0.39, 0.29) is 5.92 Å². The van der Waals surface area contributed by atoms with Crippen molar-refractivity contribution in [1.82, 2.24) is 0 Å². The maximum Gasteiger partial charge on any atom is 0.416 e. The monoisotopic (exact) mass is 277 g/mol. The molecule has 1 aliphatic rings. The SMILES string of the molecule is FC(F)(F)c1ccc2c(c1)NCCC2c1ccccc1. The van der Waals surface area contributed by atoms with Gasteiger partial charge in [0.1, 0.15) is 0 Å². The Kier molecular flexibility index (Phi) is 3.16. The zero-order chi connectivity index (χ0) is 14.2. The molecule has 0 fully saturated rings. The second-order valence-electron chi connectivity index (χ2n) is 4.98. The van der Waals surface area contributed by atoms with Crippen LogP contribution in [0.2, 0.25) is 0 Å². The number of halogens is 3. The molecular formula is C16H14F3N. The Bertz CT molecular complexity index is 605. The van der Waals surface area contributed by atoms with Crippen molar-refractivity contribution in [3.63, 3.8) is 0 Å². The highest BCUT2D eigenvalue weighted by molar-refractivity contribution is 5.59. The second-order valence-corrected chi connectivity index (χ2v) is 4.98. The Balaban J connectivity index is 2.02. The molecule has 0 bridgehead atoms. The molecule has 0 aromatic heterocycles. The first-order valence-electron chi connectivity index (χ1n) is 6.55. The number of alkyl halides is 3. The number of fused-ring (bicyclic) bond motifs is 1. The molecular weight excluding hydrogens is 263 g/mol. The third-order valence-corrected chi connectivity index (χ3v) is 3.71. The van der Waals surface area contributed by atoms with Crippen LogP contribution in [0.15, 0.2) is 48.5 Å². The van der Waals surface area contributed by atoms with Gasteiger partial charge in [-0.3, -0.25) is 0 Å². The van der Waals surface area contributed by atoms with Crippen LogP contribution in [0, 0.1) is 0 Å². The number of hydrogen-bond acceptors (Lipinski definition) is 1. The van der Waals surface area contributed by atoms with Crippen molar-refractivity contribution < 1.29 is 13.2 Å². The summed E-state index contributed by atoms with van der Waals surface area (Å²) in [6, 6.07) is 13.9. The fourth-order valence-electron chi connectivity index (χ4n) is 2.73. The number of nitrogens with one attached hydrogen (secondary N) is 1. The van der Waals surface area contributed by atoms with Gasteiger partial charge in [0, 0.05) is 18.2 Å². The van der Waals surface area contributed by atoms with E-state index in [2.05, 4.69) is 5.32 Å². The van der Waals surface area contributed by atoms with Gasteiger partial charge in [0.25, 0.3) is 0 Å². The lowest BCUT2D eigenvalue weighted by Gasteiger charge is -2.28. The Labute approximate surface area is 115 Å². The van der Waals surface area contributed by atoms with Crippen LogP contribution in [0.25, 0.3) is 0 Å². The summed E-state index contributed by atoms with van der Waals surface area (Å²) in [6.07, 6.45) is -3.40. The fraction of sp³-hybridized carbons (Fsp3) is 0.250.